The lowest BCUT2D eigenvalue weighted by molar-refractivity contribution is -0.123. The molecule has 146 valence electrons. The van der Waals surface area contributed by atoms with Gasteiger partial charge in [0, 0.05) is 19.1 Å². The molecule has 1 atom stereocenters. The van der Waals surface area contributed by atoms with Gasteiger partial charge in [-0.1, -0.05) is 23.7 Å². The number of amides is 1. The van der Waals surface area contributed by atoms with Gasteiger partial charge in [-0.15, -0.1) is 0 Å². The number of carbonyl (C=O) groups is 1. The largest absolute Gasteiger partial charge is 0.484 e. The molecule has 2 rings (SSSR count). The van der Waals surface area contributed by atoms with Gasteiger partial charge in [0.2, 0.25) is 10.0 Å². The van der Waals surface area contributed by atoms with Crippen LogP contribution in [-0.2, 0) is 14.8 Å². The first kappa shape index (κ1) is 21.2. The topological polar surface area (TPSA) is 75.7 Å². The summed E-state index contributed by atoms with van der Waals surface area (Å²) in [6, 6.07) is 11.6. The summed E-state index contributed by atoms with van der Waals surface area (Å²) >= 11 is 5.86. The minimum absolute atomic E-state index is 0.168. The zero-order valence-corrected chi connectivity index (χ0v) is 17.3. The molecule has 0 aliphatic carbocycles. The van der Waals surface area contributed by atoms with Gasteiger partial charge in [0.05, 0.1) is 10.9 Å². The van der Waals surface area contributed by atoms with Crippen LogP contribution < -0.4 is 10.1 Å². The Balaban J connectivity index is 1.98. The smallest absolute Gasteiger partial charge is 0.258 e. The molecule has 27 heavy (non-hydrogen) atoms. The second-order valence-electron chi connectivity index (χ2n) is 6.34. The minimum Gasteiger partial charge on any atom is -0.484 e. The molecular weight excluding hydrogens is 388 g/mol. The van der Waals surface area contributed by atoms with Crippen molar-refractivity contribution in [1.82, 2.24) is 9.62 Å². The van der Waals surface area contributed by atoms with E-state index in [2.05, 4.69) is 5.32 Å². The van der Waals surface area contributed by atoms with E-state index in [0.717, 1.165) is 9.87 Å². The van der Waals surface area contributed by atoms with E-state index in [-0.39, 0.29) is 23.5 Å². The number of nitrogens with zero attached hydrogens (tertiary/aromatic N) is 1. The zero-order valence-electron chi connectivity index (χ0n) is 15.7. The van der Waals surface area contributed by atoms with Crippen molar-refractivity contribution in [2.75, 3.05) is 20.7 Å². The van der Waals surface area contributed by atoms with Crippen LogP contribution in [0.1, 0.15) is 24.1 Å². The van der Waals surface area contributed by atoms with Gasteiger partial charge in [-0.2, -0.15) is 0 Å². The number of hydrogen-bond donors (Lipinski definition) is 1. The van der Waals surface area contributed by atoms with E-state index in [1.54, 1.807) is 25.1 Å². The highest BCUT2D eigenvalue weighted by molar-refractivity contribution is 7.89. The first-order valence-electron chi connectivity index (χ1n) is 8.32. The highest BCUT2D eigenvalue weighted by Crippen LogP contribution is 2.23. The van der Waals surface area contributed by atoms with Gasteiger partial charge in [-0.3, -0.25) is 4.79 Å². The van der Waals surface area contributed by atoms with Gasteiger partial charge in [-0.05, 0) is 55.3 Å². The second-order valence-corrected chi connectivity index (χ2v) is 8.93. The number of benzene rings is 2. The first-order valence-corrected chi connectivity index (χ1v) is 10.1. The summed E-state index contributed by atoms with van der Waals surface area (Å²) < 4.78 is 31.0. The number of rotatable bonds is 7. The lowest BCUT2D eigenvalue weighted by atomic mass is 10.1. The molecule has 0 bridgehead atoms. The van der Waals surface area contributed by atoms with Crippen LogP contribution in [0.15, 0.2) is 47.4 Å². The van der Waals surface area contributed by atoms with Crippen molar-refractivity contribution < 1.29 is 17.9 Å². The molecule has 2 aromatic rings. The Morgan fingerprint density at radius 1 is 1.19 bits per heavy atom. The van der Waals surface area contributed by atoms with Crippen LogP contribution in [0.2, 0.25) is 5.02 Å². The second kappa shape index (κ2) is 8.73. The van der Waals surface area contributed by atoms with E-state index in [4.69, 9.17) is 16.3 Å². The molecule has 0 spiro atoms. The van der Waals surface area contributed by atoms with Crippen LogP contribution in [0.4, 0.5) is 0 Å². The lowest BCUT2D eigenvalue weighted by Gasteiger charge is -2.16. The molecule has 0 heterocycles. The van der Waals surface area contributed by atoms with Crippen molar-refractivity contribution in [3.05, 3.63) is 58.6 Å². The molecule has 0 aromatic heterocycles. The molecule has 0 aliphatic rings. The minimum atomic E-state index is -3.51. The predicted molar refractivity (Wildman–Crippen MR) is 106 cm³/mol. The summed E-state index contributed by atoms with van der Waals surface area (Å²) in [5.74, 6) is 0.184. The Morgan fingerprint density at radius 2 is 1.81 bits per heavy atom. The van der Waals surface area contributed by atoms with E-state index in [1.807, 2.05) is 19.1 Å². The first-order chi connectivity index (χ1) is 12.6. The van der Waals surface area contributed by atoms with Crippen LogP contribution in [-0.4, -0.2) is 39.3 Å². The molecule has 0 saturated heterocycles. The maximum absolute atomic E-state index is 12.2. The van der Waals surface area contributed by atoms with E-state index >= 15 is 0 Å². The molecule has 6 nitrogen and oxygen atoms in total. The third-order valence-corrected chi connectivity index (χ3v) is 6.09. The number of sulfonamides is 1. The number of ether oxygens (including phenoxy) is 1. The highest BCUT2D eigenvalue weighted by Gasteiger charge is 2.18. The number of nitrogens with one attached hydrogen (secondary N) is 1. The molecule has 1 amide bonds. The van der Waals surface area contributed by atoms with Gasteiger partial charge >= 0.3 is 0 Å². The van der Waals surface area contributed by atoms with Crippen molar-refractivity contribution in [2.45, 2.75) is 24.8 Å². The molecule has 0 unspecified atom stereocenters. The number of carbonyl (C=O) groups excluding carboxylic acids is 1. The fraction of sp³-hybridized carbons (Fsp3) is 0.316. The van der Waals surface area contributed by atoms with Crippen molar-refractivity contribution in [3.8, 4) is 5.75 Å². The van der Waals surface area contributed by atoms with Crippen molar-refractivity contribution in [2.24, 2.45) is 0 Å². The van der Waals surface area contributed by atoms with Crippen molar-refractivity contribution in [1.29, 1.82) is 0 Å². The fourth-order valence-electron chi connectivity index (χ4n) is 2.42. The standard InChI is InChI=1S/C19H23ClN2O4S/c1-13-11-17(27(24,25)22(3)4)9-10-18(13)26-12-19(23)21-14(2)15-5-7-16(20)8-6-15/h5-11,14H,12H2,1-4H3,(H,21,23)/t14-/m1/s1. The maximum Gasteiger partial charge on any atom is 0.258 e. The Labute approximate surface area is 165 Å². The summed E-state index contributed by atoms with van der Waals surface area (Å²) in [4.78, 5) is 12.3. The summed E-state index contributed by atoms with van der Waals surface area (Å²) in [6.07, 6.45) is 0. The molecule has 0 radical (unpaired) electrons. The number of halogens is 1. The third kappa shape index (κ3) is 5.45. The monoisotopic (exact) mass is 410 g/mol. The molecule has 0 saturated carbocycles. The normalized spacial score (nSPS) is 12.7. The van der Waals surface area contributed by atoms with Crippen LogP contribution in [0.3, 0.4) is 0 Å². The molecule has 8 heteroatoms. The predicted octanol–water partition coefficient (Wildman–Crippen LogP) is 3.15. The summed E-state index contributed by atoms with van der Waals surface area (Å²) in [5.41, 5.74) is 1.57. The van der Waals surface area contributed by atoms with Gasteiger partial charge in [0.15, 0.2) is 6.61 Å². The SMILES string of the molecule is Cc1cc(S(=O)(=O)N(C)C)ccc1OCC(=O)N[C@H](C)c1ccc(Cl)cc1. The summed E-state index contributed by atoms with van der Waals surface area (Å²) in [7, 11) is -0.561. The summed E-state index contributed by atoms with van der Waals surface area (Å²) in [6.45, 7) is 3.43. The Bertz CT molecular complexity index is 912. The van der Waals surface area contributed by atoms with Crippen molar-refractivity contribution in [3.63, 3.8) is 0 Å². The quantitative estimate of drug-likeness (QED) is 0.760. The van der Waals surface area contributed by atoms with E-state index < -0.39 is 10.0 Å². The fourth-order valence-corrected chi connectivity index (χ4v) is 3.53. The highest BCUT2D eigenvalue weighted by atomic mass is 35.5. The Morgan fingerprint density at radius 3 is 2.37 bits per heavy atom. The van der Waals surface area contributed by atoms with Crippen molar-refractivity contribution >= 4 is 27.5 Å². The van der Waals surface area contributed by atoms with Crippen LogP contribution >= 0.6 is 11.6 Å². The average molecular weight is 411 g/mol. The van der Waals surface area contributed by atoms with E-state index in [9.17, 15) is 13.2 Å². The van der Waals surface area contributed by atoms with Gasteiger partial charge in [-0.25, -0.2) is 12.7 Å². The molecular formula is C19H23ClN2O4S. The Kier molecular flexibility index (Phi) is 6.86. The van der Waals surface area contributed by atoms with Gasteiger partial charge < -0.3 is 10.1 Å². The van der Waals surface area contributed by atoms with Crippen LogP contribution in [0.25, 0.3) is 0 Å². The Hall–Kier alpha value is -2.09. The van der Waals surface area contributed by atoms with Gasteiger partial charge in [0.1, 0.15) is 5.75 Å². The maximum atomic E-state index is 12.2. The van der Waals surface area contributed by atoms with Gasteiger partial charge in [0.25, 0.3) is 5.91 Å². The molecule has 2 aromatic carbocycles. The lowest BCUT2D eigenvalue weighted by Crippen LogP contribution is -2.31. The molecule has 0 fully saturated rings. The van der Waals surface area contributed by atoms with E-state index in [0.29, 0.717) is 16.3 Å². The third-order valence-electron chi connectivity index (χ3n) is 4.03. The summed E-state index contributed by atoms with van der Waals surface area (Å²) in [5, 5.41) is 3.48. The number of hydrogen-bond acceptors (Lipinski definition) is 4. The van der Waals surface area contributed by atoms with E-state index in [1.165, 1.54) is 26.2 Å². The zero-order chi connectivity index (χ0) is 20.2. The van der Waals surface area contributed by atoms with Crippen LogP contribution in [0.5, 0.6) is 5.75 Å². The molecule has 0 aliphatic heterocycles. The average Bonchev–Trinajstić information content (AvgIpc) is 2.60. The number of aryl methyl sites for hydroxylation is 1. The van der Waals surface area contributed by atoms with Crippen LogP contribution in [0, 0.1) is 6.92 Å². The molecule has 1 N–H and O–H groups in total.